The highest BCUT2D eigenvalue weighted by molar-refractivity contribution is 6.42. The summed E-state index contributed by atoms with van der Waals surface area (Å²) in [5, 5.41) is 3.43. The third kappa shape index (κ3) is 2.09. The second kappa shape index (κ2) is 4.08. The molecule has 1 atom stereocenters. The highest BCUT2D eigenvalue weighted by atomic mass is 35.5. The number of hydrogen-bond acceptors (Lipinski definition) is 2. The van der Waals surface area contributed by atoms with Crippen molar-refractivity contribution < 1.29 is 0 Å². The van der Waals surface area contributed by atoms with Crippen molar-refractivity contribution in [2.45, 2.75) is 5.50 Å². The van der Waals surface area contributed by atoms with Crippen LogP contribution in [0.25, 0.3) is 0 Å². The Kier molecular flexibility index (Phi) is 3.32. The zero-order valence-electron chi connectivity index (χ0n) is 5.80. The second-order valence-electron chi connectivity index (χ2n) is 2.11. The molecule has 0 spiro atoms. The lowest BCUT2D eigenvalue weighted by Crippen LogP contribution is -1.84. The van der Waals surface area contributed by atoms with Crippen molar-refractivity contribution in [2.75, 3.05) is 0 Å². The van der Waals surface area contributed by atoms with E-state index in [-0.39, 0.29) is 0 Å². The van der Waals surface area contributed by atoms with Gasteiger partial charge in [-0.1, -0.05) is 40.9 Å². The molecule has 0 heterocycles. The molecule has 0 saturated carbocycles. The van der Waals surface area contributed by atoms with E-state index >= 15 is 0 Å². The van der Waals surface area contributed by atoms with E-state index in [2.05, 4.69) is 5.18 Å². The quantitative estimate of drug-likeness (QED) is 0.424. The van der Waals surface area contributed by atoms with Gasteiger partial charge in [-0.05, 0) is 22.9 Å². The first-order chi connectivity index (χ1) is 5.65. The highest BCUT2D eigenvalue weighted by Gasteiger charge is 2.08. The van der Waals surface area contributed by atoms with Crippen LogP contribution in [0, 0.1) is 4.91 Å². The average Bonchev–Trinajstić information content (AvgIpc) is 2.08. The normalized spacial score (nSPS) is 12.6. The van der Waals surface area contributed by atoms with E-state index in [9.17, 15) is 4.91 Å². The van der Waals surface area contributed by atoms with Gasteiger partial charge >= 0.3 is 0 Å². The molecule has 1 aromatic rings. The summed E-state index contributed by atoms with van der Waals surface area (Å²) in [6.45, 7) is 0. The number of benzene rings is 1. The number of halogens is 3. The van der Waals surface area contributed by atoms with Crippen LogP contribution in [0.15, 0.2) is 23.4 Å². The van der Waals surface area contributed by atoms with Gasteiger partial charge in [0.25, 0.3) is 0 Å². The predicted octanol–water partition coefficient (Wildman–Crippen LogP) is 4.00. The lowest BCUT2D eigenvalue weighted by Gasteiger charge is -2.01. The maximum Gasteiger partial charge on any atom is 0.190 e. The van der Waals surface area contributed by atoms with Crippen molar-refractivity contribution in [1.82, 2.24) is 0 Å². The van der Waals surface area contributed by atoms with Crippen LogP contribution in [0.5, 0.6) is 0 Å². The summed E-state index contributed by atoms with van der Waals surface area (Å²) in [5.41, 5.74) is -0.360. The second-order valence-corrected chi connectivity index (χ2v) is 3.34. The lowest BCUT2D eigenvalue weighted by molar-refractivity contribution is 1.00. The van der Waals surface area contributed by atoms with E-state index in [1.54, 1.807) is 12.1 Å². The van der Waals surface area contributed by atoms with E-state index < -0.39 is 5.50 Å². The number of nitrogens with zero attached hydrogens (tertiary/aromatic N) is 1. The lowest BCUT2D eigenvalue weighted by atomic mass is 10.2. The van der Waals surface area contributed by atoms with Crippen molar-refractivity contribution >= 4 is 34.8 Å². The van der Waals surface area contributed by atoms with Crippen molar-refractivity contribution in [3.8, 4) is 0 Å². The van der Waals surface area contributed by atoms with Crippen molar-refractivity contribution in [3.63, 3.8) is 0 Å². The fourth-order valence-corrected chi connectivity index (χ4v) is 1.16. The van der Waals surface area contributed by atoms with Crippen LogP contribution < -0.4 is 0 Å². The molecule has 1 unspecified atom stereocenters. The van der Waals surface area contributed by atoms with Crippen molar-refractivity contribution in [2.24, 2.45) is 5.18 Å². The first-order valence-electron chi connectivity index (χ1n) is 3.06. The van der Waals surface area contributed by atoms with Gasteiger partial charge in [0.2, 0.25) is 0 Å². The average molecular weight is 224 g/mol. The molecule has 5 heteroatoms. The van der Waals surface area contributed by atoms with Crippen LogP contribution in [-0.4, -0.2) is 0 Å². The largest absolute Gasteiger partial charge is 0.190 e. The summed E-state index contributed by atoms with van der Waals surface area (Å²) >= 11 is 16.9. The van der Waals surface area contributed by atoms with Crippen molar-refractivity contribution in [3.05, 3.63) is 38.7 Å². The van der Waals surface area contributed by atoms with Gasteiger partial charge in [-0.15, -0.1) is 4.91 Å². The van der Waals surface area contributed by atoms with E-state index in [1.165, 1.54) is 6.07 Å². The monoisotopic (exact) mass is 223 g/mol. The molecule has 1 rings (SSSR count). The van der Waals surface area contributed by atoms with E-state index in [4.69, 9.17) is 34.8 Å². The molecular formula is C7H4Cl3NO. The molecule has 0 radical (unpaired) electrons. The van der Waals surface area contributed by atoms with Gasteiger partial charge in [0.05, 0.1) is 10.0 Å². The van der Waals surface area contributed by atoms with Gasteiger partial charge < -0.3 is 0 Å². The van der Waals surface area contributed by atoms with Gasteiger partial charge in [-0.3, -0.25) is 0 Å². The summed E-state index contributed by atoms with van der Waals surface area (Å²) < 4.78 is 0. The molecule has 12 heavy (non-hydrogen) atoms. The summed E-state index contributed by atoms with van der Waals surface area (Å²) in [6, 6.07) is 4.69. The SMILES string of the molecule is O=NC(Cl)c1ccc(Cl)c(Cl)c1. The van der Waals surface area contributed by atoms with Gasteiger partial charge in [0.15, 0.2) is 5.50 Å². The first-order valence-corrected chi connectivity index (χ1v) is 4.26. The van der Waals surface area contributed by atoms with Crippen LogP contribution >= 0.6 is 34.8 Å². The van der Waals surface area contributed by atoms with Crippen LogP contribution in [0.1, 0.15) is 11.1 Å². The van der Waals surface area contributed by atoms with Crippen LogP contribution in [0.2, 0.25) is 10.0 Å². The Morgan fingerprint density at radius 1 is 1.25 bits per heavy atom. The van der Waals surface area contributed by atoms with Gasteiger partial charge in [-0.2, -0.15) is 0 Å². The van der Waals surface area contributed by atoms with E-state index in [0.717, 1.165) is 0 Å². The number of rotatable bonds is 2. The summed E-state index contributed by atoms with van der Waals surface area (Å²) in [5.74, 6) is 0. The molecule has 1 aromatic carbocycles. The van der Waals surface area contributed by atoms with Crippen LogP contribution in [-0.2, 0) is 0 Å². The Morgan fingerprint density at radius 2 is 1.92 bits per heavy atom. The standard InChI is InChI=1S/C7H4Cl3NO/c8-5-2-1-4(3-6(5)9)7(10)11-12/h1-3,7H. The molecule has 0 aliphatic heterocycles. The Morgan fingerprint density at radius 3 is 2.42 bits per heavy atom. The summed E-state index contributed by atoms with van der Waals surface area (Å²) in [7, 11) is 0. The van der Waals surface area contributed by atoms with Gasteiger partial charge in [0.1, 0.15) is 0 Å². The molecule has 0 N–H and O–H groups in total. The maximum atomic E-state index is 10.0. The summed E-state index contributed by atoms with van der Waals surface area (Å²) in [6.07, 6.45) is 0. The molecule has 0 aliphatic carbocycles. The van der Waals surface area contributed by atoms with Crippen molar-refractivity contribution in [1.29, 1.82) is 0 Å². The fourth-order valence-electron chi connectivity index (χ4n) is 0.721. The molecule has 0 amide bonds. The minimum absolute atomic E-state index is 0.364. The first kappa shape index (κ1) is 9.78. The zero-order valence-corrected chi connectivity index (χ0v) is 8.07. The third-order valence-electron chi connectivity index (χ3n) is 1.31. The Bertz CT molecular complexity index is 303. The molecule has 2 nitrogen and oxygen atoms in total. The number of alkyl halides is 1. The third-order valence-corrected chi connectivity index (χ3v) is 2.38. The number of nitroso groups, excluding NO2 is 1. The van der Waals surface area contributed by atoms with Crippen LogP contribution in [0.3, 0.4) is 0 Å². The zero-order chi connectivity index (χ0) is 9.14. The van der Waals surface area contributed by atoms with Crippen LogP contribution in [0.4, 0.5) is 0 Å². The minimum Gasteiger partial charge on any atom is -0.149 e. The fraction of sp³-hybridized carbons (Fsp3) is 0.143. The highest BCUT2D eigenvalue weighted by Crippen LogP contribution is 2.28. The molecule has 0 saturated heterocycles. The van der Waals surface area contributed by atoms with E-state index in [0.29, 0.717) is 15.6 Å². The molecule has 0 aliphatic rings. The number of hydrogen-bond donors (Lipinski definition) is 0. The molecule has 64 valence electrons. The maximum absolute atomic E-state index is 10.0. The Balaban J connectivity index is 3.04. The predicted molar refractivity (Wildman–Crippen MR) is 50.9 cm³/mol. The van der Waals surface area contributed by atoms with Gasteiger partial charge in [0, 0.05) is 0 Å². The molecule has 0 aromatic heterocycles. The molecular weight excluding hydrogens is 220 g/mol. The smallest absolute Gasteiger partial charge is 0.149 e. The van der Waals surface area contributed by atoms with E-state index in [1.807, 2.05) is 0 Å². The minimum atomic E-state index is -0.903. The summed E-state index contributed by atoms with van der Waals surface area (Å²) in [4.78, 5) is 10.0. The Hall–Kier alpha value is -0.310. The molecule has 0 fully saturated rings. The van der Waals surface area contributed by atoms with Gasteiger partial charge in [-0.25, -0.2) is 0 Å². The molecule has 0 bridgehead atoms. The topological polar surface area (TPSA) is 29.4 Å². The Labute approximate surface area is 84.4 Å².